The molecular weight excluding hydrogens is 584 g/mol. The van der Waals surface area contributed by atoms with Crippen molar-refractivity contribution < 1.29 is 67.4 Å². The fraction of sp³-hybridized carbons (Fsp3) is 0.467. The van der Waals surface area contributed by atoms with Crippen molar-refractivity contribution in [2.75, 3.05) is 52.9 Å². The average molecular weight is 623 g/mol. The van der Waals surface area contributed by atoms with Gasteiger partial charge in [-0.25, -0.2) is 19.2 Å². The molecule has 1 rings (SSSR count). The van der Waals surface area contributed by atoms with Crippen molar-refractivity contribution in [3.8, 4) is 0 Å². The summed E-state index contributed by atoms with van der Waals surface area (Å²) in [6.07, 6.45) is 7.02. The maximum Gasteiger partial charge on any atom is 0.330 e. The number of hydrogen-bond acceptors (Lipinski definition) is 14. The molecule has 0 radical (unpaired) electrons. The first-order valence-corrected chi connectivity index (χ1v) is 13.3. The van der Waals surface area contributed by atoms with E-state index >= 15 is 0 Å². The molecule has 14 nitrogen and oxygen atoms in total. The average Bonchev–Trinajstić information content (AvgIpc) is 3.06. The Hall–Kier alpha value is -4.56. The second-order valence-electron chi connectivity index (χ2n) is 9.93. The lowest BCUT2D eigenvalue weighted by atomic mass is 9.82. The van der Waals surface area contributed by atoms with Gasteiger partial charge in [-0.15, -0.1) is 0 Å². The quantitative estimate of drug-likeness (QED) is 0.0825. The summed E-state index contributed by atoms with van der Waals surface area (Å²) in [5, 5.41) is 20.1. The van der Waals surface area contributed by atoms with Crippen LogP contribution in [0.15, 0.2) is 62.8 Å². The summed E-state index contributed by atoms with van der Waals surface area (Å²) in [6.45, 7) is 8.54. The topological polar surface area (TPSA) is 198 Å². The first kappa shape index (κ1) is 37.5. The highest BCUT2D eigenvalue weighted by Gasteiger charge is 2.41. The predicted octanol–water partition coefficient (Wildman–Crippen LogP) is 0.529. The molecule has 242 valence electrons. The van der Waals surface area contributed by atoms with Crippen LogP contribution >= 0.6 is 0 Å². The monoisotopic (exact) mass is 622 g/mol. The molecule has 0 bridgehead atoms. The lowest BCUT2D eigenvalue weighted by Crippen LogP contribution is -2.45. The zero-order valence-electron chi connectivity index (χ0n) is 24.3. The molecule has 44 heavy (non-hydrogen) atoms. The smallest absolute Gasteiger partial charge is 0.330 e. The number of hydrogen-bond donors (Lipinski definition) is 2. The normalized spacial score (nSPS) is 16.0. The molecule has 2 atom stereocenters. The molecule has 0 spiro atoms. The number of carbonyl (C=O) groups excluding carboxylic acids is 6. The molecule has 0 fully saturated rings. The molecule has 0 aromatic carbocycles. The van der Waals surface area contributed by atoms with Crippen LogP contribution < -0.4 is 0 Å². The van der Waals surface area contributed by atoms with Crippen LogP contribution in [0.4, 0.5) is 0 Å². The van der Waals surface area contributed by atoms with Crippen LogP contribution in [0.1, 0.15) is 12.8 Å². The van der Waals surface area contributed by atoms with E-state index in [-0.39, 0.29) is 12.8 Å². The van der Waals surface area contributed by atoms with Crippen molar-refractivity contribution in [1.29, 1.82) is 0 Å². The third-order valence-corrected chi connectivity index (χ3v) is 6.50. The summed E-state index contributed by atoms with van der Waals surface area (Å²) in [5.41, 5.74) is -3.08. The van der Waals surface area contributed by atoms with Gasteiger partial charge in [-0.3, -0.25) is 9.59 Å². The molecule has 0 aromatic rings. The summed E-state index contributed by atoms with van der Waals surface area (Å²) in [6, 6.07) is 0. The lowest BCUT2D eigenvalue weighted by Gasteiger charge is -2.33. The van der Waals surface area contributed by atoms with Gasteiger partial charge >= 0.3 is 35.8 Å². The Morgan fingerprint density at radius 2 is 0.795 bits per heavy atom. The number of rotatable bonds is 20. The molecule has 14 heteroatoms. The largest absolute Gasteiger partial charge is 0.464 e. The van der Waals surface area contributed by atoms with Crippen LogP contribution in [0.2, 0.25) is 0 Å². The minimum Gasteiger partial charge on any atom is -0.464 e. The van der Waals surface area contributed by atoms with Gasteiger partial charge in [-0.2, -0.15) is 0 Å². The van der Waals surface area contributed by atoms with Crippen molar-refractivity contribution in [2.24, 2.45) is 22.7 Å². The van der Waals surface area contributed by atoms with E-state index in [9.17, 15) is 39.0 Å². The SMILES string of the molecule is C=CC(=O)OCC(CO)(COC(=O)C=C)COC(=O)C1CC=CCC1C(=O)OCC(CO)(COC(=O)C=C)COC(=O)C=C. The standard InChI is InChI=1S/C30H38O14/c1-5-23(33)39-15-29(13-31,16-40-24(34)6-2)19-43-27(37)21-11-9-10-12-22(21)28(38)44-20-30(14-32,17-41-25(35)7-3)18-42-26(36)8-4/h5-10,21-22,31-32H,1-4,11-20H2. The zero-order valence-corrected chi connectivity index (χ0v) is 24.3. The van der Waals surface area contributed by atoms with E-state index in [1.54, 1.807) is 12.2 Å². The van der Waals surface area contributed by atoms with Crippen LogP contribution in [0, 0.1) is 22.7 Å². The first-order chi connectivity index (χ1) is 20.9. The maximum absolute atomic E-state index is 13.2. The predicted molar refractivity (Wildman–Crippen MR) is 151 cm³/mol. The number of allylic oxidation sites excluding steroid dienone is 2. The molecule has 0 aliphatic heterocycles. The van der Waals surface area contributed by atoms with Gasteiger partial charge in [0.2, 0.25) is 0 Å². The second-order valence-corrected chi connectivity index (χ2v) is 9.93. The van der Waals surface area contributed by atoms with Crippen molar-refractivity contribution in [3.63, 3.8) is 0 Å². The summed E-state index contributed by atoms with van der Waals surface area (Å²) in [7, 11) is 0. The van der Waals surface area contributed by atoms with Crippen LogP contribution in [0.5, 0.6) is 0 Å². The Labute approximate surface area is 254 Å². The van der Waals surface area contributed by atoms with Gasteiger partial charge in [-0.05, 0) is 12.8 Å². The summed E-state index contributed by atoms with van der Waals surface area (Å²) in [5.74, 6) is -7.13. The molecule has 2 unspecified atom stereocenters. The van der Waals surface area contributed by atoms with Gasteiger partial charge in [0.15, 0.2) is 0 Å². The molecule has 2 N–H and O–H groups in total. The number of esters is 6. The summed E-state index contributed by atoms with van der Waals surface area (Å²) >= 11 is 0. The van der Waals surface area contributed by atoms with Gasteiger partial charge in [-0.1, -0.05) is 38.5 Å². The Morgan fingerprint density at radius 1 is 0.545 bits per heavy atom. The molecule has 0 heterocycles. The summed E-state index contributed by atoms with van der Waals surface area (Å²) in [4.78, 5) is 72.8. The van der Waals surface area contributed by atoms with Gasteiger partial charge in [0.05, 0.1) is 35.9 Å². The lowest BCUT2D eigenvalue weighted by molar-refractivity contribution is -0.174. The van der Waals surface area contributed by atoms with Gasteiger partial charge < -0.3 is 38.6 Å². The Kier molecular flexibility index (Phi) is 16.1. The molecule has 0 aromatic heterocycles. The maximum atomic E-state index is 13.2. The van der Waals surface area contributed by atoms with Crippen LogP contribution in [-0.4, -0.2) is 98.9 Å². The van der Waals surface area contributed by atoms with E-state index < -0.39 is 111 Å². The number of ether oxygens (including phenoxy) is 6. The third-order valence-electron chi connectivity index (χ3n) is 6.50. The van der Waals surface area contributed by atoms with E-state index in [4.69, 9.17) is 28.4 Å². The van der Waals surface area contributed by atoms with Crippen LogP contribution in [0.3, 0.4) is 0 Å². The van der Waals surface area contributed by atoms with Crippen LogP contribution in [-0.2, 0) is 57.2 Å². The minimum atomic E-state index is -1.54. The van der Waals surface area contributed by atoms with E-state index in [2.05, 4.69) is 26.3 Å². The molecule has 0 saturated heterocycles. The Balaban J connectivity index is 3.06. The molecular formula is C30H38O14. The van der Waals surface area contributed by atoms with Crippen molar-refractivity contribution >= 4 is 35.8 Å². The highest BCUT2D eigenvalue weighted by Crippen LogP contribution is 2.30. The molecule has 1 aliphatic carbocycles. The molecule has 1 aliphatic rings. The van der Waals surface area contributed by atoms with E-state index in [1.807, 2.05) is 0 Å². The molecule has 0 amide bonds. The second kappa shape index (κ2) is 18.9. The number of carbonyl (C=O) groups is 6. The van der Waals surface area contributed by atoms with Crippen LogP contribution in [0.25, 0.3) is 0 Å². The van der Waals surface area contributed by atoms with Gasteiger partial charge in [0.1, 0.15) is 39.6 Å². The molecule has 0 saturated carbocycles. The van der Waals surface area contributed by atoms with E-state index in [0.717, 1.165) is 24.3 Å². The van der Waals surface area contributed by atoms with Crippen molar-refractivity contribution in [1.82, 2.24) is 0 Å². The third kappa shape index (κ3) is 12.0. The van der Waals surface area contributed by atoms with E-state index in [0.29, 0.717) is 0 Å². The van der Waals surface area contributed by atoms with Gasteiger partial charge in [0, 0.05) is 24.3 Å². The Morgan fingerprint density at radius 3 is 1.02 bits per heavy atom. The fourth-order valence-corrected chi connectivity index (χ4v) is 3.65. The fourth-order valence-electron chi connectivity index (χ4n) is 3.65. The zero-order chi connectivity index (χ0) is 33.2. The minimum absolute atomic E-state index is 0.0840. The first-order valence-electron chi connectivity index (χ1n) is 13.3. The number of aliphatic hydroxyl groups is 2. The van der Waals surface area contributed by atoms with Crippen molar-refractivity contribution in [2.45, 2.75) is 12.8 Å². The van der Waals surface area contributed by atoms with Crippen molar-refractivity contribution in [3.05, 3.63) is 62.8 Å². The van der Waals surface area contributed by atoms with Gasteiger partial charge in [0.25, 0.3) is 0 Å². The van der Waals surface area contributed by atoms with E-state index in [1.165, 1.54) is 0 Å². The Bertz CT molecular complexity index is 987. The highest BCUT2D eigenvalue weighted by atomic mass is 16.6. The highest BCUT2D eigenvalue weighted by molar-refractivity contribution is 5.84. The number of aliphatic hydroxyl groups excluding tert-OH is 2. The summed E-state index contributed by atoms with van der Waals surface area (Å²) < 4.78 is 30.9.